The predicted molar refractivity (Wildman–Crippen MR) is 115 cm³/mol. The average Bonchev–Trinajstić information content (AvgIpc) is 3.07. The first-order valence-electron chi connectivity index (χ1n) is 8.80. The van der Waals surface area contributed by atoms with Crippen LogP contribution in [0.4, 0.5) is 0 Å². The second-order valence-corrected chi connectivity index (χ2v) is 7.71. The van der Waals surface area contributed by atoms with Gasteiger partial charge in [-0.3, -0.25) is 4.79 Å². The van der Waals surface area contributed by atoms with Crippen molar-refractivity contribution in [1.82, 2.24) is 9.88 Å². The highest BCUT2D eigenvalue weighted by Gasteiger charge is 2.10. The van der Waals surface area contributed by atoms with E-state index >= 15 is 0 Å². The van der Waals surface area contributed by atoms with E-state index in [9.17, 15) is 4.79 Å². The molecule has 3 aromatic rings. The van der Waals surface area contributed by atoms with Gasteiger partial charge >= 0.3 is 0 Å². The Balaban J connectivity index is 1.78. The van der Waals surface area contributed by atoms with Crippen LogP contribution in [0, 0.1) is 0 Å². The van der Waals surface area contributed by atoms with Crippen LogP contribution in [0.25, 0.3) is 22.4 Å². The minimum absolute atomic E-state index is 0.0312. The molecule has 0 aliphatic rings. The number of thiazole rings is 1. The van der Waals surface area contributed by atoms with Gasteiger partial charge in [-0.05, 0) is 48.9 Å². The Hall–Kier alpha value is -2.57. The smallest absolute Gasteiger partial charge is 0.259 e. The van der Waals surface area contributed by atoms with Gasteiger partial charge in [0.1, 0.15) is 5.01 Å². The summed E-state index contributed by atoms with van der Waals surface area (Å²) in [5, 5.41) is 1.57. The van der Waals surface area contributed by atoms with Crippen LogP contribution in [-0.2, 0) is 4.79 Å². The Morgan fingerprint density at radius 1 is 1.14 bits per heavy atom. The van der Waals surface area contributed by atoms with Crippen molar-refractivity contribution in [3.63, 3.8) is 0 Å². The Morgan fingerprint density at radius 2 is 1.96 bits per heavy atom. The Kier molecular flexibility index (Phi) is 6.54. The van der Waals surface area contributed by atoms with E-state index in [-0.39, 0.29) is 12.5 Å². The van der Waals surface area contributed by atoms with Gasteiger partial charge in [-0.25, -0.2) is 4.98 Å². The number of benzene rings is 2. The molecule has 0 aliphatic carbocycles. The number of fused-ring (bicyclic) bond motifs is 1. The summed E-state index contributed by atoms with van der Waals surface area (Å²) in [5.41, 5.74) is 1.84. The third kappa shape index (κ3) is 5.03. The number of amides is 1. The quantitative estimate of drug-likeness (QED) is 0.544. The number of carbonyl (C=O) groups excluding carboxylic acids is 1. The van der Waals surface area contributed by atoms with Crippen molar-refractivity contribution in [2.75, 3.05) is 27.3 Å². The SMILES string of the molecule is CCOc1cc(C=Cc2nc3cc(Cl)ccc3s2)ccc1OCC(=O)N(C)C. The molecule has 3 rings (SSSR count). The molecular formula is C21H21ClN2O3S. The van der Waals surface area contributed by atoms with Gasteiger partial charge in [0.2, 0.25) is 0 Å². The van der Waals surface area contributed by atoms with Crippen LogP contribution in [0.3, 0.4) is 0 Å². The first-order chi connectivity index (χ1) is 13.5. The van der Waals surface area contributed by atoms with E-state index in [0.717, 1.165) is 20.8 Å². The van der Waals surface area contributed by atoms with Crippen LogP contribution in [0.5, 0.6) is 11.5 Å². The van der Waals surface area contributed by atoms with Gasteiger partial charge in [0.25, 0.3) is 5.91 Å². The number of aromatic nitrogens is 1. The topological polar surface area (TPSA) is 51.7 Å². The number of rotatable bonds is 7. The van der Waals surface area contributed by atoms with Gasteiger partial charge in [-0.15, -0.1) is 11.3 Å². The van der Waals surface area contributed by atoms with E-state index < -0.39 is 0 Å². The zero-order valence-corrected chi connectivity index (χ0v) is 17.5. The van der Waals surface area contributed by atoms with Crippen LogP contribution < -0.4 is 9.47 Å². The lowest BCUT2D eigenvalue weighted by Gasteiger charge is -2.14. The third-order valence-electron chi connectivity index (χ3n) is 3.90. The second-order valence-electron chi connectivity index (χ2n) is 6.21. The van der Waals surface area contributed by atoms with E-state index in [1.807, 2.05) is 55.5 Å². The highest BCUT2D eigenvalue weighted by Crippen LogP contribution is 2.30. The summed E-state index contributed by atoms with van der Waals surface area (Å²) in [5.74, 6) is 1.04. The van der Waals surface area contributed by atoms with Crippen molar-refractivity contribution >= 4 is 51.2 Å². The highest BCUT2D eigenvalue weighted by molar-refractivity contribution is 7.19. The molecule has 0 atom stereocenters. The summed E-state index contributed by atoms with van der Waals surface area (Å²) < 4.78 is 12.4. The van der Waals surface area contributed by atoms with Crippen LogP contribution in [-0.4, -0.2) is 43.1 Å². The molecule has 0 radical (unpaired) electrons. The van der Waals surface area contributed by atoms with Gasteiger partial charge in [0.15, 0.2) is 18.1 Å². The monoisotopic (exact) mass is 416 g/mol. The lowest BCUT2D eigenvalue weighted by Crippen LogP contribution is -2.27. The Morgan fingerprint density at radius 3 is 2.71 bits per heavy atom. The molecule has 146 valence electrons. The number of nitrogens with zero attached hydrogens (tertiary/aromatic N) is 2. The molecule has 0 bridgehead atoms. The molecule has 1 aromatic heterocycles. The molecule has 5 nitrogen and oxygen atoms in total. The molecule has 0 N–H and O–H groups in total. The van der Waals surface area contributed by atoms with Gasteiger partial charge in [-0.2, -0.15) is 0 Å². The summed E-state index contributed by atoms with van der Waals surface area (Å²) in [6.45, 7) is 2.38. The van der Waals surface area contributed by atoms with Crippen molar-refractivity contribution in [3.05, 3.63) is 52.0 Å². The highest BCUT2D eigenvalue weighted by atomic mass is 35.5. The molecule has 0 saturated carbocycles. The number of halogens is 1. The number of ether oxygens (including phenoxy) is 2. The van der Waals surface area contributed by atoms with Crippen molar-refractivity contribution in [2.45, 2.75) is 6.92 Å². The van der Waals surface area contributed by atoms with E-state index in [4.69, 9.17) is 21.1 Å². The van der Waals surface area contributed by atoms with Crippen LogP contribution in [0.1, 0.15) is 17.5 Å². The molecular weight excluding hydrogens is 396 g/mol. The fourth-order valence-corrected chi connectivity index (χ4v) is 3.46. The molecule has 0 saturated heterocycles. The molecule has 0 unspecified atom stereocenters. The molecule has 7 heteroatoms. The normalized spacial score (nSPS) is 11.1. The summed E-state index contributed by atoms with van der Waals surface area (Å²) in [7, 11) is 3.39. The van der Waals surface area contributed by atoms with Crippen LogP contribution in [0.15, 0.2) is 36.4 Å². The van der Waals surface area contributed by atoms with E-state index in [2.05, 4.69) is 4.98 Å². The molecule has 2 aromatic carbocycles. The van der Waals surface area contributed by atoms with E-state index in [1.54, 1.807) is 25.4 Å². The zero-order chi connectivity index (χ0) is 20.1. The van der Waals surface area contributed by atoms with Gasteiger partial charge in [0, 0.05) is 19.1 Å². The maximum atomic E-state index is 11.7. The maximum absolute atomic E-state index is 11.7. The van der Waals surface area contributed by atoms with Gasteiger partial charge < -0.3 is 14.4 Å². The number of hydrogen-bond acceptors (Lipinski definition) is 5. The molecule has 0 fully saturated rings. The van der Waals surface area contributed by atoms with Crippen LogP contribution >= 0.6 is 22.9 Å². The first-order valence-corrected chi connectivity index (χ1v) is 9.99. The summed E-state index contributed by atoms with van der Waals surface area (Å²) in [6.07, 6.45) is 3.93. The van der Waals surface area contributed by atoms with Crippen molar-refractivity contribution in [1.29, 1.82) is 0 Å². The fourth-order valence-electron chi connectivity index (χ4n) is 2.44. The minimum Gasteiger partial charge on any atom is -0.490 e. The van der Waals surface area contributed by atoms with Crippen molar-refractivity contribution < 1.29 is 14.3 Å². The minimum atomic E-state index is -0.109. The van der Waals surface area contributed by atoms with E-state index in [0.29, 0.717) is 23.1 Å². The summed E-state index contributed by atoms with van der Waals surface area (Å²) in [4.78, 5) is 17.8. The molecule has 28 heavy (non-hydrogen) atoms. The number of likely N-dealkylation sites (N-methyl/N-ethyl adjacent to an activating group) is 1. The third-order valence-corrected chi connectivity index (χ3v) is 5.14. The lowest BCUT2D eigenvalue weighted by molar-refractivity contribution is -0.130. The molecule has 0 spiro atoms. The largest absolute Gasteiger partial charge is 0.490 e. The molecule has 0 aliphatic heterocycles. The van der Waals surface area contributed by atoms with Crippen molar-refractivity contribution in [3.8, 4) is 11.5 Å². The zero-order valence-electron chi connectivity index (χ0n) is 15.9. The maximum Gasteiger partial charge on any atom is 0.259 e. The lowest BCUT2D eigenvalue weighted by atomic mass is 10.2. The Bertz CT molecular complexity index is 1010. The fraction of sp³-hybridized carbons (Fsp3) is 0.238. The predicted octanol–water partition coefficient (Wildman–Crippen LogP) is 4.99. The second kappa shape index (κ2) is 9.08. The average molecular weight is 417 g/mol. The standard InChI is InChI=1S/C21H21ClN2O3S/c1-4-26-18-11-14(5-8-17(18)27-13-21(25)24(2)3)6-10-20-23-16-12-15(22)7-9-19(16)28-20/h5-12H,4,13H2,1-3H3. The first kappa shape index (κ1) is 20.2. The van der Waals surface area contributed by atoms with Crippen LogP contribution in [0.2, 0.25) is 5.02 Å². The number of hydrogen-bond donors (Lipinski definition) is 0. The molecule has 1 heterocycles. The Labute approximate surface area is 173 Å². The van der Waals surface area contributed by atoms with Gasteiger partial charge in [-0.1, -0.05) is 23.7 Å². The molecule has 1 amide bonds. The number of carbonyl (C=O) groups is 1. The summed E-state index contributed by atoms with van der Waals surface area (Å²) in [6, 6.07) is 11.3. The van der Waals surface area contributed by atoms with Crippen molar-refractivity contribution in [2.24, 2.45) is 0 Å². The van der Waals surface area contributed by atoms with E-state index in [1.165, 1.54) is 4.90 Å². The summed E-state index contributed by atoms with van der Waals surface area (Å²) >= 11 is 7.62. The van der Waals surface area contributed by atoms with Gasteiger partial charge in [0.05, 0.1) is 16.8 Å².